The highest BCUT2D eigenvalue weighted by Gasteiger charge is 2.21. The van der Waals surface area contributed by atoms with Gasteiger partial charge in [0.1, 0.15) is 0 Å². The van der Waals surface area contributed by atoms with E-state index >= 15 is 0 Å². The van der Waals surface area contributed by atoms with E-state index in [9.17, 15) is 4.79 Å². The number of hydrogen-bond acceptors (Lipinski definition) is 4. The predicted octanol–water partition coefficient (Wildman–Crippen LogP) is 1.46. The van der Waals surface area contributed by atoms with Crippen LogP contribution in [-0.4, -0.2) is 67.0 Å². The molecule has 2 aliphatic rings. The Morgan fingerprint density at radius 3 is 2.43 bits per heavy atom. The van der Waals surface area contributed by atoms with Crippen LogP contribution in [-0.2, 0) is 0 Å². The first-order valence-corrected chi connectivity index (χ1v) is 7.92. The van der Waals surface area contributed by atoms with Crippen LogP contribution >= 0.6 is 0 Å². The molecule has 0 bridgehead atoms. The number of amides is 1. The summed E-state index contributed by atoms with van der Waals surface area (Å²) < 4.78 is 0. The van der Waals surface area contributed by atoms with Gasteiger partial charge in [-0.2, -0.15) is 0 Å². The van der Waals surface area contributed by atoms with Crippen molar-refractivity contribution in [3.8, 4) is 0 Å². The smallest absolute Gasteiger partial charge is 0.255 e. The third-order valence-corrected chi connectivity index (χ3v) is 4.48. The van der Waals surface area contributed by atoms with E-state index in [1.807, 2.05) is 17.2 Å². The lowest BCUT2D eigenvalue weighted by Crippen LogP contribution is -2.47. The van der Waals surface area contributed by atoms with Crippen LogP contribution in [0.15, 0.2) is 18.5 Å². The Kier molecular flexibility index (Phi) is 4.39. The molecule has 2 fully saturated rings. The summed E-state index contributed by atoms with van der Waals surface area (Å²) in [5.41, 5.74) is 1.82. The molecule has 5 heteroatoms. The minimum absolute atomic E-state index is 0.120. The zero-order valence-corrected chi connectivity index (χ0v) is 12.8. The van der Waals surface area contributed by atoms with Crippen molar-refractivity contribution in [1.82, 2.24) is 14.8 Å². The minimum atomic E-state index is 0.120. The summed E-state index contributed by atoms with van der Waals surface area (Å²) in [7, 11) is 2.10. The van der Waals surface area contributed by atoms with E-state index in [1.54, 1.807) is 6.20 Å². The number of carbonyl (C=O) groups is 1. The van der Waals surface area contributed by atoms with Gasteiger partial charge in [0.15, 0.2) is 0 Å². The molecule has 2 saturated heterocycles. The second kappa shape index (κ2) is 6.43. The van der Waals surface area contributed by atoms with Gasteiger partial charge in [-0.05, 0) is 32.4 Å². The van der Waals surface area contributed by atoms with Crippen LogP contribution in [0.3, 0.4) is 0 Å². The molecule has 21 heavy (non-hydrogen) atoms. The molecule has 1 aromatic rings. The Morgan fingerprint density at radius 1 is 1.00 bits per heavy atom. The van der Waals surface area contributed by atoms with E-state index in [2.05, 4.69) is 21.8 Å². The lowest BCUT2D eigenvalue weighted by Gasteiger charge is -2.33. The van der Waals surface area contributed by atoms with Crippen LogP contribution in [0.25, 0.3) is 0 Å². The highest BCUT2D eigenvalue weighted by molar-refractivity contribution is 5.94. The molecule has 0 spiro atoms. The second-order valence-electron chi connectivity index (χ2n) is 6.07. The average molecular weight is 288 g/mol. The highest BCUT2D eigenvalue weighted by atomic mass is 16.2. The molecule has 0 radical (unpaired) electrons. The fourth-order valence-corrected chi connectivity index (χ4v) is 3.06. The van der Waals surface area contributed by atoms with Crippen LogP contribution < -0.4 is 4.90 Å². The lowest BCUT2D eigenvalue weighted by atomic mass is 10.1. The molecule has 5 nitrogen and oxygen atoms in total. The maximum absolute atomic E-state index is 12.6. The molecule has 3 rings (SSSR count). The van der Waals surface area contributed by atoms with E-state index in [4.69, 9.17) is 0 Å². The Hall–Kier alpha value is -1.62. The van der Waals surface area contributed by atoms with Crippen molar-refractivity contribution < 1.29 is 4.79 Å². The summed E-state index contributed by atoms with van der Waals surface area (Å²) in [5.74, 6) is 0.120. The van der Waals surface area contributed by atoms with E-state index in [1.165, 1.54) is 19.3 Å². The molecular weight excluding hydrogens is 264 g/mol. The monoisotopic (exact) mass is 288 g/mol. The number of anilines is 1. The maximum Gasteiger partial charge on any atom is 0.255 e. The van der Waals surface area contributed by atoms with Gasteiger partial charge in [-0.25, -0.2) is 0 Å². The lowest BCUT2D eigenvalue weighted by molar-refractivity contribution is 0.0663. The zero-order chi connectivity index (χ0) is 14.7. The number of piperidine rings is 1. The van der Waals surface area contributed by atoms with Gasteiger partial charge in [0.2, 0.25) is 0 Å². The number of pyridine rings is 1. The molecular formula is C16H24N4O. The van der Waals surface area contributed by atoms with E-state index in [-0.39, 0.29) is 5.91 Å². The summed E-state index contributed by atoms with van der Waals surface area (Å²) in [5, 5.41) is 0. The van der Waals surface area contributed by atoms with Gasteiger partial charge in [-0.15, -0.1) is 0 Å². The van der Waals surface area contributed by atoms with Crippen LogP contribution in [0.1, 0.15) is 29.6 Å². The van der Waals surface area contributed by atoms with E-state index < -0.39 is 0 Å². The quantitative estimate of drug-likeness (QED) is 0.826. The van der Waals surface area contributed by atoms with Crippen molar-refractivity contribution >= 4 is 11.6 Å². The predicted molar refractivity (Wildman–Crippen MR) is 83.7 cm³/mol. The van der Waals surface area contributed by atoms with Crippen molar-refractivity contribution in [3.63, 3.8) is 0 Å². The third-order valence-electron chi connectivity index (χ3n) is 4.48. The van der Waals surface area contributed by atoms with Crippen LogP contribution in [0.2, 0.25) is 0 Å². The summed E-state index contributed by atoms with van der Waals surface area (Å²) in [6, 6.07) is 2.01. The maximum atomic E-state index is 12.6. The van der Waals surface area contributed by atoms with Crippen molar-refractivity contribution in [2.45, 2.75) is 19.3 Å². The van der Waals surface area contributed by atoms with Gasteiger partial charge in [0.05, 0.1) is 17.4 Å². The summed E-state index contributed by atoms with van der Waals surface area (Å²) in [4.78, 5) is 23.4. The molecule has 2 aliphatic heterocycles. The van der Waals surface area contributed by atoms with Gasteiger partial charge in [0, 0.05) is 45.5 Å². The normalized spacial score (nSPS) is 20.6. The molecule has 0 aromatic carbocycles. The average Bonchev–Trinajstić information content (AvgIpc) is 2.56. The summed E-state index contributed by atoms with van der Waals surface area (Å²) >= 11 is 0. The van der Waals surface area contributed by atoms with Gasteiger partial charge in [-0.1, -0.05) is 0 Å². The number of rotatable bonds is 2. The summed E-state index contributed by atoms with van der Waals surface area (Å²) in [6.07, 6.45) is 7.36. The highest BCUT2D eigenvalue weighted by Crippen LogP contribution is 2.20. The SMILES string of the molecule is CN1CCN(C(=O)c2cncc(N3CCCCC3)c2)CC1. The first-order valence-electron chi connectivity index (χ1n) is 7.92. The van der Waals surface area contributed by atoms with E-state index in [0.29, 0.717) is 0 Å². The van der Waals surface area contributed by atoms with Crippen molar-refractivity contribution in [3.05, 3.63) is 24.0 Å². The standard InChI is InChI=1S/C16H24N4O/c1-18-7-9-20(10-8-18)16(21)14-11-15(13-17-12-14)19-5-3-2-4-6-19/h11-13H,2-10H2,1H3. The summed E-state index contributed by atoms with van der Waals surface area (Å²) in [6.45, 7) is 5.67. The van der Waals surface area contributed by atoms with Crippen LogP contribution in [0.5, 0.6) is 0 Å². The third kappa shape index (κ3) is 3.35. The van der Waals surface area contributed by atoms with Gasteiger partial charge in [-0.3, -0.25) is 9.78 Å². The van der Waals surface area contributed by atoms with E-state index in [0.717, 1.165) is 50.5 Å². The molecule has 0 aliphatic carbocycles. The Bertz CT molecular complexity index is 491. The molecule has 0 saturated carbocycles. The number of hydrogen-bond donors (Lipinski definition) is 0. The molecule has 0 unspecified atom stereocenters. The molecule has 0 atom stereocenters. The number of carbonyl (C=O) groups excluding carboxylic acids is 1. The molecule has 1 amide bonds. The number of likely N-dealkylation sites (N-methyl/N-ethyl adjacent to an activating group) is 1. The minimum Gasteiger partial charge on any atom is -0.370 e. The fraction of sp³-hybridized carbons (Fsp3) is 0.625. The van der Waals surface area contributed by atoms with Crippen LogP contribution in [0.4, 0.5) is 5.69 Å². The first-order chi connectivity index (χ1) is 10.2. The molecule has 114 valence electrons. The number of aromatic nitrogens is 1. The molecule has 1 aromatic heterocycles. The van der Waals surface area contributed by atoms with Crippen molar-refractivity contribution in [2.75, 3.05) is 51.2 Å². The second-order valence-corrected chi connectivity index (χ2v) is 6.07. The number of piperazine rings is 1. The van der Waals surface area contributed by atoms with Gasteiger partial charge in [0.25, 0.3) is 5.91 Å². The number of nitrogens with zero attached hydrogens (tertiary/aromatic N) is 4. The van der Waals surface area contributed by atoms with Crippen molar-refractivity contribution in [1.29, 1.82) is 0 Å². The van der Waals surface area contributed by atoms with Gasteiger partial charge < -0.3 is 14.7 Å². The van der Waals surface area contributed by atoms with Crippen molar-refractivity contribution in [2.24, 2.45) is 0 Å². The van der Waals surface area contributed by atoms with Gasteiger partial charge >= 0.3 is 0 Å². The fourth-order valence-electron chi connectivity index (χ4n) is 3.06. The molecule has 3 heterocycles. The topological polar surface area (TPSA) is 39.7 Å². The Labute approximate surface area is 126 Å². The Morgan fingerprint density at radius 2 is 1.71 bits per heavy atom. The molecule has 0 N–H and O–H groups in total. The Balaban J connectivity index is 1.71. The van der Waals surface area contributed by atoms with Crippen LogP contribution in [0, 0.1) is 0 Å². The zero-order valence-electron chi connectivity index (χ0n) is 12.8. The first kappa shape index (κ1) is 14.3. The largest absolute Gasteiger partial charge is 0.370 e.